The predicted molar refractivity (Wildman–Crippen MR) is 88.5 cm³/mol. The van der Waals surface area contributed by atoms with Crippen molar-refractivity contribution in [3.8, 4) is 0 Å². The Hall–Kier alpha value is -0.650. The zero-order valence-corrected chi connectivity index (χ0v) is 14.7. The molecule has 0 aliphatic carbocycles. The Labute approximate surface area is 130 Å². The molecule has 0 unspecified atom stereocenters. The highest BCUT2D eigenvalue weighted by atomic mass is 16.2. The number of rotatable bonds is 7. The van der Waals surface area contributed by atoms with Gasteiger partial charge >= 0.3 is 0 Å². The zero-order chi connectivity index (χ0) is 16.1. The van der Waals surface area contributed by atoms with E-state index < -0.39 is 5.54 Å². The van der Waals surface area contributed by atoms with E-state index in [0.717, 1.165) is 32.5 Å². The highest BCUT2D eigenvalue weighted by Gasteiger charge is 2.40. The van der Waals surface area contributed by atoms with E-state index in [4.69, 9.17) is 0 Å². The van der Waals surface area contributed by atoms with Crippen LogP contribution in [0.1, 0.15) is 40.5 Å². The molecule has 5 heteroatoms. The predicted octanol–water partition coefficient (Wildman–Crippen LogP) is 0.811. The summed E-state index contributed by atoms with van der Waals surface area (Å²) in [4.78, 5) is 14.9. The molecule has 1 rings (SSSR count). The van der Waals surface area contributed by atoms with Crippen LogP contribution in [0.3, 0.4) is 0 Å². The Bertz CT molecular complexity index is 333. The fourth-order valence-corrected chi connectivity index (χ4v) is 3.24. The van der Waals surface area contributed by atoms with Gasteiger partial charge in [-0.1, -0.05) is 13.8 Å². The molecule has 1 aliphatic heterocycles. The molecule has 1 amide bonds. The van der Waals surface area contributed by atoms with Crippen LogP contribution in [-0.4, -0.2) is 62.7 Å². The van der Waals surface area contributed by atoms with Crippen molar-refractivity contribution in [3.05, 3.63) is 0 Å². The van der Waals surface area contributed by atoms with E-state index in [1.165, 1.54) is 0 Å². The third-order valence-electron chi connectivity index (χ3n) is 3.93. The van der Waals surface area contributed by atoms with Gasteiger partial charge in [0.15, 0.2) is 0 Å². The molecule has 5 nitrogen and oxygen atoms in total. The molecule has 0 atom stereocenters. The van der Waals surface area contributed by atoms with Crippen LogP contribution in [0.2, 0.25) is 0 Å². The smallest absolute Gasteiger partial charge is 0.240 e. The number of hydrogen-bond donors (Lipinski definition) is 3. The molecule has 1 heterocycles. The van der Waals surface area contributed by atoms with Crippen LogP contribution in [0, 0.1) is 5.41 Å². The van der Waals surface area contributed by atoms with Crippen molar-refractivity contribution in [2.75, 3.05) is 40.3 Å². The highest BCUT2D eigenvalue weighted by Crippen LogP contribution is 2.21. The van der Waals surface area contributed by atoms with Crippen LogP contribution in [0.4, 0.5) is 0 Å². The number of nitrogens with one attached hydrogen (secondary N) is 3. The van der Waals surface area contributed by atoms with E-state index in [2.05, 4.69) is 62.6 Å². The molecule has 0 bridgehead atoms. The van der Waals surface area contributed by atoms with Crippen molar-refractivity contribution >= 4 is 5.91 Å². The fraction of sp³-hybridized carbons (Fsp3) is 0.938. The monoisotopic (exact) mass is 298 g/mol. The van der Waals surface area contributed by atoms with Crippen LogP contribution in [0.15, 0.2) is 0 Å². The molecule has 1 fully saturated rings. The Kier molecular flexibility index (Phi) is 6.63. The third-order valence-corrected chi connectivity index (χ3v) is 3.93. The second-order valence-corrected chi connectivity index (χ2v) is 7.72. The van der Waals surface area contributed by atoms with Crippen molar-refractivity contribution in [2.24, 2.45) is 5.41 Å². The first-order valence-electron chi connectivity index (χ1n) is 8.08. The first kappa shape index (κ1) is 18.4. The minimum atomic E-state index is -0.409. The summed E-state index contributed by atoms with van der Waals surface area (Å²) in [5.41, 5.74) is -0.335. The topological polar surface area (TPSA) is 56.4 Å². The molecule has 21 heavy (non-hydrogen) atoms. The second-order valence-electron chi connectivity index (χ2n) is 7.72. The number of carbonyl (C=O) groups is 1. The summed E-state index contributed by atoms with van der Waals surface area (Å²) in [6, 6.07) is 0.309. The van der Waals surface area contributed by atoms with Gasteiger partial charge in [0.05, 0.1) is 0 Å². The minimum absolute atomic E-state index is 0.0745. The molecule has 3 N–H and O–H groups in total. The fourth-order valence-electron chi connectivity index (χ4n) is 3.24. The van der Waals surface area contributed by atoms with Gasteiger partial charge in [-0.05, 0) is 59.3 Å². The molecule has 0 aromatic rings. The first-order valence-corrected chi connectivity index (χ1v) is 8.08. The Balaban J connectivity index is 2.65. The van der Waals surface area contributed by atoms with E-state index in [1.807, 2.05) is 0 Å². The average molecular weight is 298 g/mol. The van der Waals surface area contributed by atoms with Crippen LogP contribution in [-0.2, 0) is 4.79 Å². The summed E-state index contributed by atoms with van der Waals surface area (Å²) < 4.78 is 0. The van der Waals surface area contributed by atoms with Crippen molar-refractivity contribution in [1.82, 2.24) is 20.9 Å². The van der Waals surface area contributed by atoms with Crippen LogP contribution < -0.4 is 16.0 Å². The number of carbonyl (C=O) groups excluding carboxylic acids is 1. The lowest BCUT2D eigenvalue weighted by Gasteiger charge is -2.39. The zero-order valence-electron chi connectivity index (χ0n) is 14.7. The van der Waals surface area contributed by atoms with Gasteiger partial charge in [-0.25, -0.2) is 0 Å². The number of piperidine rings is 1. The largest absolute Gasteiger partial charge is 0.354 e. The number of hydrogen-bond acceptors (Lipinski definition) is 4. The maximum Gasteiger partial charge on any atom is 0.240 e. The maximum absolute atomic E-state index is 12.8. The summed E-state index contributed by atoms with van der Waals surface area (Å²) in [6.45, 7) is 12.1. The number of amides is 1. The average Bonchev–Trinajstić information content (AvgIpc) is 2.34. The maximum atomic E-state index is 12.8. The lowest BCUT2D eigenvalue weighted by atomic mass is 9.85. The van der Waals surface area contributed by atoms with Crippen molar-refractivity contribution < 1.29 is 4.79 Å². The van der Waals surface area contributed by atoms with E-state index in [1.54, 1.807) is 0 Å². The van der Waals surface area contributed by atoms with E-state index in [9.17, 15) is 4.79 Å². The summed E-state index contributed by atoms with van der Waals surface area (Å²) in [5.74, 6) is 0.157. The SMILES string of the molecule is CC(C)NC1(C(=O)NCC(C)(C)CN(C)C)CCNCC1. The normalized spacial score (nSPS) is 19.0. The van der Waals surface area contributed by atoms with Crippen LogP contribution >= 0.6 is 0 Å². The Morgan fingerprint density at radius 1 is 1.29 bits per heavy atom. The molecule has 1 aliphatic rings. The lowest BCUT2D eigenvalue weighted by molar-refractivity contribution is -0.129. The van der Waals surface area contributed by atoms with Gasteiger partial charge in [0.2, 0.25) is 5.91 Å². The summed E-state index contributed by atoms with van der Waals surface area (Å²) in [5, 5.41) is 10.0. The molecule has 0 saturated carbocycles. The molecule has 0 radical (unpaired) electrons. The van der Waals surface area contributed by atoms with Gasteiger partial charge < -0.3 is 20.9 Å². The van der Waals surface area contributed by atoms with Gasteiger partial charge in [-0.2, -0.15) is 0 Å². The highest BCUT2D eigenvalue weighted by molar-refractivity contribution is 5.86. The second kappa shape index (κ2) is 7.56. The van der Waals surface area contributed by atoms with Crippen molar-refractivity contribution in [2.45, 2.75) is 52.1 Å². The minimum Gasteiger partial charge on any atom is -0.354 e. The van der Waals surface area contributed by atoms with Gasteiger partial charge in [0.1, 0.15) is 5.54 Å². The van der Waals surface area contributed by atoms with Crippen molar-refractivity contribution in [3.63, 3.8) is 0 Å². The Morgan fingerprint density at radius 2 is 1.86 bits per heavy atom. The van der Waals surface area contributed by atoms with E-state index >= 15 is 0 Å². The molecule has 0 spiro atoms. The first-order chi connectivity index (χ1) is 9.67. The molecule has 124 valence electrons. The van der Waals surface area contributed by atoms with Gasteiger partial charge in [-0.3, -0.25) is 4.79 Å². The molecule has 1 saturated heterocycles. The number of nitrogens with zero attached hydrogens (tertiary/aromatic N) is 1. The van der Waals surface area contributed by atoms with Crippen LogP contribution in [0.25, 0.3) is 0 Å². The van der Waals surface area contributed by atoms with Crippen LogP contribution in [0.5, 0.6) is 0 Å². The van der Waals surface area contributed by atoms with Gasteiger partial charge in [0, 0.05) is 19.1 Å². The van der Waals surface area contributed by atoms with E-state index in [0.29, 0.717) is 12.6 Å². The molecule has 0 aromatic heterocycles. The van der Waals surface area contributed by atoms with Gasteiger partial charge in [0.25, 0.3) is 0 Å². The third kappa shape index (κ3) is 5.93. The summed E-state index contributed by atoms with van der Waals surface area (Å²) in [6.07, 6.45) is 1.70. The molecular formula is C16H34N4O. The molecular weight excluding hydrogens is 264 g/mol. The Morgan fingerprint density at radius 3 is 2.33 bits per heavy atom. The quantitative estimate of drug-likeness (QED) is 0.651. The molecule has 0 aromatic carbocycles. The lowest BCUT2D eigenvalue weighted by Crippen LogP contribution is -2.63. The summed E-state index contributed by atoms with van der Waals surface area (Å²) >= 11 is 0. The van der Waals surface area contributed by atoms with Crippen molar-refractivity contribution in [1.29, 1.82) is 0 Å². The standard InChI is InChI=1S/C16H34N4O/c1-13(2)19-16(7-9-17-10-8-16)14(21)18-11-15(3,4)12-20(5)6/h13,17,19H,7-12H2,1-6H3,(H,18,21). The van der Waals surface area contributed by atoms with E-state index in [-0.39, 0.29) is 11.3 Å². The summed E-state index contributed by atoms with van der Waals surface area (Å²) in [7, 11) is 4.14. The van der Waals surface area contributed by atoms with Gasteiger partial charge in [-0.15, -0.1) is 0 Å².